The van der Waals surface area contributed by atoms with Crippen LogP contribution in [0.1, 0.15) is 5.69 Å². The lowest BCUT2D eigenvalue weighted by molar-refractivity contribution is 0.168. The minimum absolute atomic E-state index is 0.112. The highest BCUT2D eigenvalue weighted by Gasteiger charge is 2.15. The molecule has 2 heterocycles. The molecule has 2 rings (SSSR count). The summed E-state index contributed by atoms with van der Waals surface area (Å²) in [6.07, 6.45) is 0.803. The number of ether oxygens (including phenoxy) is 1. The van der Waals surface area contributed by atoms with E-state index >= 15 is 0 Å². The van der Waals surface area contributed by atoms with Crippen LogP contribution in [0.4, 0.5) is 10.6 Å². The minimum atomic E-state index is -0.637. The van der Waals surface area contributed by atoms with Crippen molar-refractivity contribution in [2.24, 2.45) is 0 Å². The van der Waals surface area contributed by atoms with Crippen molar-refractivity contribution in [3.8, 4) is 5.82 Å². The molecule has 0 aliphatic carbocycles. The third-order valence-corrected chi connectivity index (χ3v) is 3.00. The molecular weight excluding hydrogens is 339 g/mol. The molecule has 9 heteroatoms. The molecule has 2 aromatic rings. The molecule has 0 radical (unpaired) electrons. The van der Waals surface area contributed by atoms with Gasteiger partial charge >= 0.3 is 6.09 Å². The van der Waals surface area contributed by atoms with E-state index < -0.39 is 6.09 Å². The van der Waals surface area contributed by atoms with Crippen LogP contribution in [0, 0.1) is 6.92 Å². The van der Waals surface area contributed by atoms with Gasteiger partial charge in [-0.3, -0.25) is 5.32 Å². The van der Waals surface area contributed by atoms with Gasteiger partial charge in [-0.05, 0) is 13.0 Å². The summed E-state index contributed by atoms with van der Waals surface area (Å²) < 4.78 is 6.25. The first-order valence-corrected chi connectivity index (χ1v) is 7.18. The Hall–Kier alpha value is -1.50. The highest BCUT2D eigenvalue weighted by Crippen LogP contribution is 2.24. The zero-order valence-corrected chi connectivity index (χ0v) is 13.2. The highest BCUT2D eigenvalue weighted by atomic mass is 35.5. The Morgan fingerprint density at radius 3 is 2.86 bits per heavy atom. The van der Waals surface area contributed by atoms with Crippen LogP contribution >= 0.6 is 34.8 Å². The predicted octanol–water partition coefficient (Wildman–Crippen LogP) is 3.67. The van der Waals surface area contributed by atoms with Gasteiger partial charge in [0, 0.05) is 12.3 Å². The maximum absolute atomic E-state index is 11.6. The minimum Gasteiger partial charge on any atom is -0.448 e. The van der Waals surface area contributed by atoms with Gasteiger partial charge in [-0.1, -0.05) is 23.2 Å². The summed E-state index contributed by atoms with van der Waals surface area (Å²) in [4.78, 5) is 15.7. The average Bonchev–Trinajstić information content (AvgIpc) is 2.77. The number of pyridine rings is 1. The molecule has 0 aliphatic rings. The molecular formula is C12H11Cl3N4O2. The van der Waals surface area contributed by atoms with Gasteiger partial charge in [0.1, 0.15) is 12.4 Å². The molecule has 1 N–H and O–H groups in total. The van der Waals surface area contributed by atoms with Crippen LogP contribution in [-0.2, 0) is 4.74 Å². The van der Waals surface area contributed by atoms with Crippen LogP contribution in [0.3, 0.4) is 0 Å². The zero-order chi connectivity index (χ0) is 15.4. The van der Waals surface area contributed by atoms with Crippen molar-refractivity contribution in [3.05, 3.63) is 34.1 Å². The quantitative estimate of drug-likeness (QED) is 0.855. The van der Waals surface area contributed by atoms with Gasteiger partial charge in [-0.2, -0.15) is 9.78 Å². The second kappa shape index (κ2) is 6.98. The van der Waals surface area contributed by atoms with Crippen molar-refractivity contribution in [1.29, 1.82) is 0 Å². The molecule has 112 valence electrons. The van der Waals surface area contributed by atoms with E-state index in [0.717, 1.165) is 0 Å². The number of aromatic nitrogens is 3. The van der Waals surface area contributed by atoms with E-state index in [2.05, 4.69) is 15.4 Å². The summed E-state index contributed by atoms with van der Waals surface area (Å²) >= 11 is 17.4. The summed E-state index contributed by atoms with van der Waals surface area (Å²) in [6, 6.07) is 3.20. The number of nitrogens with one attached hydrogen (secondary N) is 1. The summed E-state index contributed by atoms with van der Waals surface area (Å²) in [5.41, 5.74) is 0.676. The molecule has 0 spiro atoms. The monoisotopic (exact) mass is 348 g/mol. The fourth-order valence-electron chi connectivity index (χ4n) is 1.59. The van der Waals surface area contributed by atoms with Crippen molar-refractivity contribution in [3.63, 3.8) is 0 Å². The summed E-state index contributed by atoms with van der Waals surface area (Å²) in [5, 5.41) is 7.50. The number of alkyl halides is 1. The molecule has 21 heavy (non-hydrogen) atoms. The van der Waals surface area contributed by atoms with E-state index in [4.69, 9.17) is 39.5 Å². The van der Waals surface area contributed by atoms with E-state index in [-0.39, 0.29) is 12.5 Å². The zero-order valence-electron chi connectivity index (χ0n) is 10.9. The molecule has 2 aromatic heterocycles. The first-order chi connectivity index (χ1) is 10.0. The number of amides is 1. The molecule has 0 aromatic carbocycles. The fraction of sp³-hybridized carbons (Fsp3) is 0.250. The molecule has 0 bridgehead atoms. The van der Waals surface area contributed by atoms with Crippen LogP contribution in [0.5, 0.6) is 0 Å². The number of carbonyl (C=O) groups is 1. The SMILES string of the molecule is Cc1cc(NC(=O)OCCCl)n(-c2ncc(Cl)cc2Cl)n1. The Morgan fingerprint density at radius 2 is 2.19 bits per heavy atom. The molecule has 6 nitrogen and oxygen atoms in total. The van der Waals surface area contributed by atoms with E-state index in [1.165, 1.54) is 16.9 Å². The first kappa shape index (κ1) is 15.9. The van der Waals surface area contributed by atoms with Crippen molar-refractivity contribution in [2.75, 3.05) is 17.8 Å². The van der Waals surface area contributed by atoms with Crippen LogP contribution < -0.4 is 5.32 Å². The van der Waals surface area contributed by atoms with Crippen LogP contribution in [-0.4, -0.2) is 33.3 Å². The second-order valence-corrected chi connectivity index (χ2v) is 5.21. The van der Waals surface area contributed by atoms with E-state index in [9.17, 15) is 4.79 Å². The summed E-state index contributed by atoms with van der Waals surface area (Å²) in [7, 11) is 0. The van der Waals surface area contributed by atoms with Crippen molar-refractivity contribution in [1.82, 2.24) is 14.8 Å². The summed E-state index contributed by atoms with van der Waals surface area (Å²) in [5.74, 6) is 0.946. The number of hydrogen-bond donors (Lipinski definition) is 1. The lowest BCUT2D eigenvalue weighted by atomic mass is 10.4. The molecule has 1 amide bonds. The number of nitrogens with zero attached hydrogens (tertiary/aromatic N) is 3. The smallest absolute Gasteiger partial charge is 0.412 e. The number of anilines is 1. The Balaban J connectivity index is 2.30. The van der Waals surface area contributed by atoms with E-state index in [0.29, 0.717) is 27.4 Å². The third kappa shape index (κ3) is 4.00. The Morgan fingerprint density at radius 1 is 1.43 bits per heavy atom. The van der Waals surface area contributed by atoms with Gasteiger partial charge in [-0.15, -0.1) is 11.6 Å². The predicted molar refractivity (Wildman–Crippen MR) is 81.8 cm³/mol. The lowest BCUT2D eigenvalue weighted by Crippen LogP contribution is -2.17. The van der Waals surface area contributed by atoms with Crippen LogP contribution in [0.2, 0.25) is 10.0 Å². The maximum atomic E-state index is 11.6. The van der Waals surface area contributed by atoms with Gasteiger partial charge in [-0.25, -0.2) is 9.78 Å². The van der Waals surface area contributed by atoms with Crippen LogP contribution in [0.25, 0.3) is 5.82 Å². The summed E-state index contributed by atoms with van der Waals surface area (Å²) in [6.45, 7) is 1.88. The second-order valence-electron chi connectivity index (χ2n) is 3.99. The number of aryl methyl sites for hydroxylation is 1. The average molecular weight is 350 g/mol. The molecule has 0 saturated heterocycles. The van der Waals surface area contributed by atoms with Gasteiger partial charge in [0.15, 0.2) is 5.82 Å². The number of rotatable bonds is 4. The normalized spacial score (nSPS) is 10.5. The third-order valence-electron chi connectivity index (χ3n) is 2.36. The topological polar surface area (TPSA) is 69.0 Å². The molecule has 0 saturated carbocycles. The van der Waals surface area contributed by atoms with Crippen molar-refractivity contribution >= 4 is 46.7 Å². The number of halogens is 3. The van der Waals surface area contributed by atoms with Gasteiger partial charge < -0.3 is 4.74 Å². The van der Waals surface area contributed by atoms with E-state index in [1.807, 2.05) is 0 Å². The number of carbonyl (C=O) groups excluding carboxylic acids is 1. The molecule has 0 unspecified atom stereocenters. The molecule has 0 aliphatic heterocycles. The van der Waals surface area contributed by atoms with E-state index in [1.54, 1.807) is 13.0 Å². The fourth-order valence-corrected chi connectivity index (χ4v) is 2.12. The standard InChI is InChI=1S/C12H11Cl3N4O2/c1-7-4-10(17-12(20)21-3-2-13)19(18-7)11-9(15)5-8(14)6-16-11/h4-6H,2-3H2,1H3,(H,17,20). The van der Waals surface area contributed by atoms with Gasteiger partial charge in [0.25, 0.3) is 0 Å². The maximum Gasteiger partial charge on any atom is 0.412 e. The van der Waals surface area contributed by atoms with Crippen LogP contribution in [0.15, 0.2) is 18.3 Å². The lowest BCUT2D eigenvalue weighted by Gasteiger charge is -2.09. The molecule has 0 fully saturated rings. The van der Waals surface area contributed by atoms with Gasteiger partial charge in [0.05, 0.1) is 21.6 Å². The molecule has 0 atom stereocenters. The highest BCUT2D eigenvalue weighted by molar-refractivity contribution is 6.35. The Kier molecular flexibility index (Phi) is 5.27. The number of hydrogen-bond acceptors (Lipinski definition) is 4. The van der Waals surface area contributed by atoms with Crippen molar-refractivity contribution in [2.45, 2.75) is 6.92 Å². The Labute approximate surface area is 136 Å². The first-order valence-electron chi connectivity index (χ1n) is 5.89. The Bertz CT molecular complexity index is 660. The van der Waals surface area contributed by atoms with Gasteiger partial charge in [0.2, 0.25) is 0 Å². The van der Waals surface area contributed by atoms with Crippen molar-refractivity contribution < 1.29 is 9.53 Å². The largest absolute Gasteiger partial charge is 0.448 e.